The van der Waals surface area contributed by atoms with E-state index in [1.807, 2.05) is 0 Å². The van der Waals surface area contributed by atoms with Gasteiger partial charge in [-0.3, -0.25) is 4.90 Å². The molecule has 1 saturated heterocycles. The van der Waals surface area contributed by atoms with Crippen molar-refractivity contribution in [3.8, 4) is 0 Å². The number of hydrogen-bond donors (Lipinski definition) is 1. The first-order valence-electron chi connectivity index (χ1n) is 7.15. The number of rotatable bonds is 3. The summed E-state index contributed by atoms with van der Waals surface area (Å²) in [5.41, 5.74) is 0.980. The monoisotopic (exact) mass is 354 g/mol. The van der Waals surface area contributed by atoms with Crippen molar-refractivity contribution in [2.24, 2.45) is 5.92 Å². The number of piperazine rings is 1. The minimum atomic E-state index is -0.182. The number of halogens is 4. The van der Waals surface area contributed by atoms with Gasteiger partial charge in [-0.2, -0.15) is 0 Å². The molecular formula is C15H22Cl3FN2. The lowest BCUT2D eigenvalue weighted by Gasteiger charge is -2.43. The van der Waals surface area contributed by atoms with Crippen LogP contribution in [0.3, 0.4) is 0 Å². The normalized spacial score (nSPS) is 20.9. The molecule has 1 saturated carbocycles. The van der Waals surface area contributed by atoms with Gasteiger partial charge in [-0.05, 0) is 42.5 Å². The number of benzene rings is 1. The van der Waals surface area contributed by atoms with Gasteiger partial charge in [-0.1, -0.05) is 18.0 Å². The second-order valence-corrected chi connectivity index (χ2v) is 5.99. The minimum absolute atomic E-state index is 0. The van der Waals surface area contributed by atoms with E-state index in [1.54, 1.807) is 12.1 Å². The summed E-state index contributed by atoms with van der Waals surface area (Å²) in [6.07, 6.45) is 3.77. The quantitative estimate of drug-likeness (QED) is 0.879. The average molecular weight is 356 g/mol. The Bertz CT molecular complexity index is 449. The van der Waals surface area contributed by atoms with Gasteiger partial charge in [0.15, 0.2) is 0 Å². The topological polar surface area (TPSA) is 15.3 Å². The van der Waals surface area contributed by atoms with Crippen LogP contribution in [-0.2, 0) is 0 Å². The number of nitrogens with zero attached hydrogens (tertiary/aromatic N) is 1. The molecule has 6 heteroatoms. The maximum absolute atomic E-state index is 13.6. The van der Waals surface area contributed by atoms with Crippen LogP contribution >= 0.6 is 36.4 Å². The molecular weight excluding hydrogens is 334 g/mol. The fourth-order valence-electron chi connectivity index (χ4n) is 3.21. The van der Waals surface area contributed by atoms with Crippen LogP contribution < -0.4 is 5.32 Å². The molecule has 3 rings (SSSR count). The smallest absolute Gasteiger partial charge is 0.123 e. The van der Waals surface area contributed by atoms with E-state index in [1.165, 1.54) is 25.3 Å². The van der Waals surface area contributed by atoms with E-state index in [-0.39, 0.29) is 30.6 Å². The average Bonchev–Trinajstić information content (AvgIpc) is 2.38. The largest absolute Gasteiger partial charge is 0.314 e. The Morgan fingerprint density at radius 2 is 1.86 bits per heavy atom. The molecule has 0 bridgehead atoms. The summed E-state index contributed by atoms with van der Waals surface area (Å²) < 4.78 is 13.6. The summed E-state index contributed by atoms with van der Waals surface area (Å²) in [6, 6.07) is 5.06. The third kappa shape index (κ3) is 4.23. The molecule has 0 unspecified atom stereocenters. The van der Waals surface area contributed by atoms with Crippen LogP contribution in [0.1, 0.15) is 30.9 Å². The highest BCUT2D eigenvalue weighted by atomic mass is 35.5. The van der Waals surface area contributed by atoms with Crippen LogP contribution in [0, 0.1) is 11.7 Å². The summed E-state index contributed by atoms with van der Waals surface area (Å²) in [4.78, 5) is 2.47. The SMILES string of the molecule is Cl.Cl.Fc1ccc(Cl)c([C@H](C2CCC2)N2CCNCC2)c1. The van der Waals surface area contributed by atoms with Crippen molar-refractivity contribution in [2.75, 3.05) is 26.2 Å². The van der Waals surface area contributed by atoms with E-state index in [0.29, 0.717) is 17.0 Å². The molecule has 1 N–H and O–H groups in total. The van der Waals surface area contributed by atoms with Gasteiger partial charge < -0.3 is 5.32 Å². The standard InChI is InChI=1S/C15H20ClFN2.2ClH/c16-14-5-4-12(17)10-13(14)15(11-2-1-3-11)19-8-6-18-7-9-19;;/h4-5,10-11,15,18H,1-3,6-9H2;2*1H/t15-;;/m0../s1. The van der Waals surface area contributed by atoms with Crippen LogP contribution in [0.4, 0.5) is 4.39 Å². The Morgan fingerprint density at radius 3 is 2.43 bits per heavy atom. The summed E-state index contributed by atoms with van der Waals surface area (Å²) in [5.74, 6) is 0.455. The van der Waals surface area contributed by atoms with E-state index in [2.05, 4.69) is 10.2 Å². The molecule has 1 aliphatic heterocycles. The molecule has 2 fully saturated rings. The van der Waals surface area contributed by atoms with E-state index in [9.17, 15) is 4.39 Å². The maximum Gasteiger partial charge on any atom is 0.123 e. The Labute approximate surface area is 143 Å². The van der Waals surface area contributed by atoms with Crippen LogP contribution in [0.25, 0.3) is 0 Å². The van der Waals surface area contributed by atoms with Crippen molar-refractivity contribution < 1.29 is 4.39 Å². The lowest BCUT2D eigenvalue weighted by atomic mass is 9.76. The molecule has 0 amide bonds. The van der Waals surface area contributed by atoms with Crippen molar-refractivity contribution >= 4 is 36.4 Å². The zero-order valence-corrected chi connectivity index (χ0v) is 14.2. The van der Waals surface area contributed by atoms with Crippen molar-refractivity contribution in [1.82, 2.24) is 10.2 Å². The van der Waals surface area contributed by atoms with E-state index >= 15 is 0 Å². The summed E-state index contributed by atoms with van der Waals surface area (Å²) in [5, 5.41) is 4.08. The van der Waals surface area contributed by atoms with Crippen molar-refractivity contribution in [1.29, 1.82) is 0 Å². The van der Waals surface area contributed by atoms with Gasteiger partial charge in [-0.15, -0.1) is 24.8 Å². The summed E-state index contributed by atoms with van der Waals surface area (Å²) in [6.45, 7) is 4.06. The van der Waals surface area contributed by atoms with E-state index in [0.717, 1.165) is 31.7 Å². The molecule has 0 spiro atoms. The molecule has 0 aromatic heterocycles. The summed E-state index contributed by atoms with van der Waals surface area (Å²) in [7, 11) is 0. The van der Waals surface area contributed by atoms with E-state index < -0.39 is 0 Å². The van der Waals surface area contributed by atoms with Gasteiger partial charge >= 0.3 is 0 Å². The van der Waals surface area contributed by atoms with Crippen molar-refractivity contribution in [2.45, 2.75) is 25.3 Å². The Hall–Kier alpha value is -0.0600. The van der Waals surface area contributed by atoms with Gasteiger partial charge in [0.05, 0.1) is 0 Å². The highest BCUT2D eigenvalue weighted by Gasteiger charge is 2.34. The lowest BCUT2D eigenvalue weighted by Crippen LogP contribution is -2.47. The number of hydrogen-bond acceptors (Lipinski definition) is 2. The van der Waals surface area contributed by atoms with Gasteiger partial charge in [-0.25, -0.2) is 4.39 Å². The number of nitrogens with one attached hydrogen (secondary N) is 1. The lowest BCUT2D eigenvalue weighted by molar-refractivity contribution is 0.0836. The molecule has 1 heterocycles. The second kappa shape index (κ2) is 8.54. The fourth-order valence-corrected chi connectivity index (χ4v) is 3.44. The fraction of sp³-hybridized carbons (Fsp3) is 0.600. The van der Waals surface area contributed by atoms with Crippen molar-refractivity contribution in [3.63, 3.8) is 0 Å². The van der Waals surface area contributed by atoms with Gasteiger partial charge in [0.1, 0.15) is 5.82 Å². The van der Waals surface area contributed by atoms with Gasteiger partial charge in [0.25, 0.3) is 0 Å². The molecule has 1 aliphatic carbocycles. The molecule has 21 heavy (non-hydrogen) atoms. The van der Waals surface area contributed by atoms with Crippen molar-refractivity contribution in [3.05, 3.63) is 34.6 Å². The molecule has 120 valence electrons. The van der Waals surface area contributed by atoms with Crippen LogP contribution in [0.5, 0.6) is 0 Å². The third-order valence-electron chi connectivity index (χ3n) is 4.42. The van der Waals surface area contributed by atoms with Gasteiger partial charge in [0, 0.05) is 37.2 Å². The predicted octanol–water partition coefficient (Wildman–Crippen LogP) is 4.07. The third-order valence-corrected chi connectivity index (χ3v) is 4.76. The highest BCUT2D eigenvalue weighted by molar-refractivity contribution is 6.31. The second-order valence-electron chi connectivity index (χ2n) is 5.59. The maximum atomic E-state index is 13.6. The van der Waals surface area contributed by atoms with E-state index in [4.69, 9.17) is 11.6 Å². The molecule has 1 aromatic rings. The first-order chi connectivity index (χ1) is 9.25. The van der Waals surface area contributed by atoms with Gasteiger partial charge in [0.2, 0.25) is 0 Å². The Morgan fingerprint density at radius 1 is 1.19 bits per heavy atom. The Balaban J connectivity index is 0.00000110. The predicted molar refractivity (Wildman–Crippen MR) is 90.4 cm³/mol. The minimum Gasteiger partial charge on any atom is -0.314 e. The zero-order chi connectivity index (χ0) is 13.2. The van der Waals surface area contributed by atoms with Crippen LogP contribution in [0.2, 0.25) is 5.02 Å². The first kappa shape index (κ1) is 19.0. The molecule has 0 radical (unpaired) electrons. The zero-order valence-electron chi connectivity index (χ0n) is 11.9. The molecule has 1 atom stereocenters. The summed E-state index contributed by atoms with van der Waals surface area (Å²) >= 11 is 6.33. The molecule has 2 aliphatic rings. The molecule has 2 nitrogen and oxygen atoms in total. The Kier molecular flexibility index (Phi) is 7.72. The molecule has 1 aromatic carbocycles. The van der Waals surface area contributed by atoms with Crippen LogP contribution in [-0.4, -0.2) is 31.1 Å². The first-order valence-corrected chi connectivity index (χ1v) is 7.53. The highest BCUT2D eigenvalue weighted by Crippen LogP contribution is 2.43. The van der Waals surface area contributed by atoms with Crippen LogP contribution in [0.15, 0.2) is 18.2 Å².